The minimum Gasteiger partial charge on any atom is -0.338 e. The summed E-state index contributed by atoms with van der Waals surface area (Å²) in [4.78, 5) is 17.5. The Morgan fingerprint density at radius 1 is 0.970 bits per heavy atom. The summed E-state index contributed by atoms with van der Waals surface area (Å²) in [6.07, 6.45) is 0. The molecule has 4 aromatic rings. The van der Waals surface area contributed by atoms with Crippen LogP contribution >= 0.6 is 0 Å². The van der Waals surface area contributed by atoms with Crippen molar-refractivity contribution in [2.75, 3.05) is 11.4 Å². The van der Waals surface area contributed by atoms with Gasteiger partial charge in [0.05, 0.1) is 10.6 Å². The standard InChI is InChI=1S/C24H23N5O3S/c1-17-25-23(28-27-17)22(18-10-5-3-6-11-18)26-24(30)19-12-9-15-21(16-19)33(31,32)29(2)20-13-7-4-8-14-20/h3-16,22H,1-2H3,(H,26,30)(H,25,27,28). The summed E-state index contributed by atoms with van der Waals surface area (Å²) in [5.41, 5.74) is 1.54. The minimum absolute atomic E-state index is 0.0199. The van der Waals surface area contributed by atoms with E-state index in [1.807, 2.05) is 36.4 Å². The largest absolute Gasteiger partial charge is 0.338 e. The third-order valence-electron chi connectivity index (χ3n) is 5.16. The van der Waals surface area contributed by atoms with Gasteiger partial charge >= 0.3 is 0 Å². The second kappa shape index (κ2) is 9.25. The molecule has 1 atom stereocenters. The molecule has 1 aromatic heterocycles. The van der Waals surface area contributed by atoms with Gasteiger partial charge in [-0.3, -0.25) is 14.2 Å². The molecule has 0 fully saturated rings. The van der Waals surface area contributed by atoms with Crippen LogP contribution in [-0.2, 0) is 10.0 Å². The average molecular weight is 462 g/mol. The third kappa shape index (κ3) is 4.78. The lowest BCUT2D eigenvalue weighted by molar-refractivity contribution is 0.0941. The molecule has 0 bridgehead atoms. The van der Waals surface area contributed by atoms with Gasteiger partial charge in [0.1, 0.15) is 11.9 Å². The van der Waals surface area contributed by atoms with Crippen molar-refractivity contribution in [2.45, 2.75) is 17.9 Å². The van der Waals surface area contributed by atoms with Crippen LogP contribution in [0.5, 0.6) is 0 Å². The van der Waals surface area contributed by atoms with Crippen LogP contribution in [0.15, 0.2) is 89.8 Å². The molecule has 0 saturated carbocycles. The van der Waals surface area contributed by atoms with Crippen LogP contribution in [0, 0.1) is 6.92 Å². The number of aromatic nitrogens is 3. The Morgan fingerprint density at radius 3 is 2.27 bits per heavy atom. The van der Waals surface area contributed by atoms with Gasteiger partial charge in [-0.25, -0.2) is 13.4 Å². The number of aryl methyl sites for hydroxylation is 1. The van der Waals surface area contributed by atoms with E-state index in [4.69, 9.17) is 0 Å². The molecule has 0 saturated heterocycles. The lowest BCUT2D eigenvalue weighted by atomic mass is 10.1. The summed E-state index contributed by atoms with van der Waals surface area (Å²) >= 11 is 0. The van der Waals surface area contributed by atoms with Crippen molar-refractivity contribution in [3.63, 3.8) is 0 Å². The van der Waals surface area contributed by atoms with Crippen molar-refractivity contribution in [3.05, 3.63) is 108 Å². The first-order valence-corrected chi connectivity index (χ1v) is 11.7. The fourth-order valence-electron chi connectivity index (χ4n) is 3.38. The Morgan fingerprint density at radius 2 is 1.64 bits per heavy atom. The van der Waals surface area contributed by atoms with Gasteiger partial charge in [0.2, 0.25) is 0 Å². The number of hydrogen-bond acceptors (Lipinski definition) is 5. The number of hydrogen-bond donors (Lipinski definition) is 2. The van der Waals surface area contributed by atoms with Crippen molar-refractivity contribution < 1.29 is 13.2 Å². The normalized spacial score (nSPS) is 12.2. The first-order valence-electron chi connectivity index (χ1n) is 10.2. The van der Waals surface area contributed by atoms with Crippen LogP contribution < -0.4 is 9.62 Å². The second-order valence-corrected chi connectivity index (χ2v) is 9.40. The number of carbonyl (C=O) groups excluding carboxylic acids is 1. The minimum atomic E-state index is -3.85. The molecule has 2 N–H and O–H groups in total. The Kier molecular flexibility index (Phi) is 6.23. The molecule has 33 heavy (non-hydrogen) atoms. The number of rotatable bonds is 7. The molecule has 1 unspecified atom stereocenters. The Hall–Kier alpha value is -3.98. The first kappa shape index (κ1) is 22.2. The molecule has 9 heteroatoms. The van der Waals surface area contributed by atoms with Crippen LogP contribution in [0.3, 0.4) is 0 Å². The molecule has 0 radical (unpaired) electrons. The molecular formula is C24H23N5O3S. The highest BCUT2D eigenvalue weighted by Crippen LogP contribution is 2.23. The van der Waals surface area contributed by atoms with Gasteiger partial charge in [-0.05, 0) is 42.8 Å². The zero-order valence-corrected chi connectivity index (χ0v) is 19.0. The van der Waals surface area contributed by atoms with Crippen molar-refractivity contribution >= 4 is 21.6 Å². The van der Waals surface area contributed by atoms with Gasteiger partial charge in [-0.1, -0.05) is 54.6 Å². The van der Waals surface area contributed by atoms with Crippen LogP contribution in [-0.4, -0.2) is 36.6 Å². The smallest absolute Gasteiger partial charge is 0.264 e. The number of nitrogens with zero attached hydrogens (tertiary/aromatic N) is 3. The number of amides is 1. The Balaban J connectivity index is 1.63. The summed E-state index contributed by atoms with van der Waals surface area (Å²) in [5, 5.41) is 9.92. The molecule has 0 aliphatic carbocycles. The number of sulfonamides is 1. The number of nitrogens with one attached hydrogen (secondary N) is 2. The van der Waals surface area contributed by atoms with Gasteiger partial charge in [-0.15, -0.1) is 0 Å². The summed E-state index contributed by atoms with van der Waals surface area (Å²) < 4.78 is 27.5. The maximum Gasteiger partial charge on any atom is 0.264 e. The van der Waals surface area contributed by atoms with E-state index >= 15 is 0 Å². The lowest BCUT2D eigenvalue weighted by Gasteiger charge is -2.20. The maximum absolute atomic E-state index is 13.1. The summed E-state index contributed by atoms with van der Waals surface area (Å²) in [5.74, 6) is 0.600. The van der Waals surface area contributed by atoms with Crippen LogP contribution in [0.1, 0.15) is 33.6 Å². The average Bonchev–Trinajstić information content (AvgIpc) is 3.28. The van der Waals surface area contributed by atoms with E-state index in [2.05, 4.69) is 20.5 Å². The van der Waals surface area contributed by atoms with Crippen molar-refractivity contribution in [3.8, 4) is 0 Å². The third-order valence-corrected chi connectivity index (χ3v) is 6.94. The van der Waals surface area contributed by atoms with E-state index in [0.29, 0.717) is 17.3 Å². The molecule has 8 nitrogen and oxygen atoms in total. The van der Waals surface area contributed by atoms with Crippen molar-refractivity contribution in [1.82, 2.24) is 20.5 Å². The fraction of sp³-hybridized carbons (Fsp3) is 0.125. The Bertz CT molecular complexity index is 1360. The zero-order chi connectivity index (χ0) is 23.4. The molecule has 0 spiro atoms. The van der Waals surface area contributed by atoms with Crippen LogP contribution in [0.2, 0.25) is 0 Å². The first-order chi connectivity index (χ1) is 15.9. The van der Waals surface area contributed by atoms with Crippen molar-refractivity contribution in [2.24, 2.45) is 0 Å². The van der Waals surface area contributed by atoms with E-state index in [9.17, 15) is 13.2 Å². The highest BCUT2D eigenvalue weighted by molar-refractivity contribution is 7.92. The number of H-pyrrole nitrogens is 1. The van der Waals surface area contributed by atoms with E-state index in [1.165, 1.54) is 23.5 Å². The number of aromatic amines is 1. The lowest BCUT2D eigenvalue weighted by Crippen LogP contribution is -2.31. The van der Waals surface area contributed by atoms with E-state index in [0.717, 1.165) is 5.56 Å². The van der Waals surface area contributed by atoms with Crippen LogP contribution in [0.4, 0.5) is 5.69 Å². The molecule has 168 valence electrons. The van der Waals surface area contributed by atoms with Crippen molar-refractivity contribution in [1.29, 1.82) is 0 Å². The Labute approximate surface area is 192 Å². The quantitative estimate of drug-likeness (QED) is 0.438. The van der Waals surface area contributed by atoms with Gasteiger partial charge in [0.15, 0.2) is 5.82 Å². The summed E-state index contributed by atoms with van der Waals surface area (Å²) in [7, 11) is -2.37. The number of carbonyl (C=O) groups is 1. The predicted molar refractivity (Wildman–Crippen MR) is 125 cm³/mol. The van der Waals surface area contributed by atoms with Gasteiger partial charge < -0.3 is 5.32 Å². The summed E-state index contributed by atoms with van der Waals surface area (Å²) in [6.45, 7) is 1.78. The van der Waals surface area contributed by atoms with Gasteiger partial charge in [-0.2, -0.15) is 5.10 Å². The molecule has 1 heterocycles. The number of para-hydroxylation sites is 1. The van der Waals surface area contributed by atoms with E-state index < -0.39 is 22.0 Å². The SMILES string of the molecule is Cc1nc(C(NC(=O)c2cccc(S(=O)(=O)N(C)c3ccccc3)c2)c2ccccc2)n[nH]1. The highest BCUT2D eigenvalue weighted by Gasteiger charge is 2.25. The molecule has 0 aliphatic heterocycles. The predicted octanol–water partition coefficient (Wildman–Crippen LogP) is 3.46. The topological polar surface area (TPSA) is 108 Å². The van der Waals surface area contributed by atoms with Crippen LogP contribution in [0.25, 0.3) is 0 Å². The van der Waals surface area contributed by atoms with E-state index in [-0.39, 0.29) is 10.5 Å². The molecular weight excluding hydrogens is 438 g/mol. The second-order valence-electron chi connectivity index (χ2n) is 7.43. The molecule has 3 aromatic carbocycles. The number of anilines is 1. The zero-order valence-electron chi connectivity index (χ0n) is 18.1. The molecule has 1 amide bonds. The maximum atomic E-state index is 13.1. The molecule has 4 rings (SSSR count). The monoisotopic (exact) mass is 461 g/mol. The fourth-order valence-corrected chi connectivity index (χ4v) is 4.62. The van der Waals surface area contributed by atoms with Gasteiger partial charge in [0, 0.05) is 12.6 Å². The molecule has 0 aliphatic rings. The van der Waals surface area contributed by atoms with Gasteiger partial charge in [0.25, 0.3) is 15.9 Å². The van der Waals surface area contributed by atoms with E-state index in [1.54, 1.807) is 43.3 Å². The highest BCUT2D eigenvalue weighted by atomic mass is 32.2. The number of benzene rings is 3. The summed E-state index contributed by atoms with van der Waals surface area (Å²) in [6, 6.07) is 23.5.